The highest BCUT2D eigenvalue weighted by Gasteiger charge is 2.26. The Morgan fingerprint density at radius 2 is 1.61 bits per heavy atom. The molecule has 0 radical (unpaired) electrons. The van der Waals surface area contributed by atoms with Gasteiger partial charge in [-0.2, -0.15) is 0 Å². The lowest BCUT2D eigenvalue weighted by Gasteiger charge is -2.19. The molecule has 0 bridgehead atoms. The summed E-state index contributed by atoms with van der Waals surface area (Å²) in [5, 5.41) is 6.80. The van der Waals surface area contributed by atoms with E-state index in [4.69, 9.17) is 0 Å². The van der Waals surface area contributed by atoms with Crippen molar-refractivity contribution in [3.63, 3.8) is 0 Å². The van der Waals surface area contributed by atoms with E-state index in [1.807, 2.05) is 73.5 Å². The summed E-state index contributed by atoms with van der Waals surface area (Å²) in [5.41, 5.74) is 8.71. The molecule has 0 unspecified atom stereocenters. The van der Waals surface area contributed by atoms with Gasteiger partial charge in [-0.1, -0.05) is 6.07 Å². The highest BCUT2D eigenvalue weighted by molar-refractivity contribution is 6.07. The SMILES string of the molecule is Cc1cc(Nc2ccc(C(=O)N3CCc4ccc(Nc5ccncc5)cc43)cc2)c(C)cn1. The summed E-state index contributed by atoms with van der Waals surface area (Å²) >= 11 is 0. The summed E-state index contributed by atoms with van der Waals surface area (Å²) in [5.74, 6) is 0.0114. The third-order valence-corrected chi connectivity index (χ3v) is 5.85. The molecule has 0 saturated heterocycles. The number of hydrogen-bond donors (Lipinski definition) is 2. The Morgan fingerprint density at radius 3 is 2.39 bits per heavy atom. The first kappa shape index (κ1) is 20.7. The average Bonchev–Trinajstić information content (AvgIpc) is 3.25. The van der Waals surface area contributed by atoms with Crippen LogP contribution in [-0.4, -0.2) is 22.4 Å². The molecule has 3 heterocycles. The van der Waals surface area contributed by atoms with Gasteiger partial charge in [0.1, 0.15) is 0 Å². The molecule has 0 aliphatic carbocycles. The molecule has 1 aliphatic rings. The summed E-state index contributed by atoms with van der Waals surface area (Å²) < 4.78 is 0. The predicted octanol–water partition coefficient (Wildman–Crippen LogP) is 5.78. The number of aromatic nitrogens is 2. The number of amides is 1. The maximum absolute atomic E-state index is 13.3. The number of anilines is 5. The molecule has 0 atom stereocenters. The molecule has 2 aromatic carbocycles. The Bertz CT molecular complexity index is 1300. The van der Waals surface area contributed by atoms with Crippen LogP contribution in [0.2, 0.25) is 0 Å². The lowest BCUT2D eigenvalue weighted by Crippen LogP contribution is -2.28. The summed E-state index contributed by atoms with van der Waals surface area (Å²) in [7, 11) is 0. The summed E-state index contributed by atoms with van der Waals surface area (Å²) in [6, 6.07) is 19.7. The van der Waals surface area contributed by atoms with E-state index in [9.17, 15) is 4.79 Å². The van der Waals surface area contributed by atoms with Gasteiger partial charge in [0.2, 0.25) is 0 Å². The van der Waals surface area contributed by atoms with Gasteiger partial charge in [-0.05, 0) is 86.0 Å². The number of nitrogens with one attached hydrogen (secondary N) is 2. The standard InChI is InChI=1S/C27H25N5O/c1-18-17-29-19(2)15-25(18)31-22-6-4-21(5-7-22)27(33)32-14-11-20-3-8-24(16-26(20)32)30-23-9-12-28-13-10-23/h3-10,12-13,15-17H,11,14H2,1-2H3,(H,28,30)(H,29,31). The molecule has 5 rings (SSSR count). The van der Waals surface area contributed by atoms with E-state index in [-0.39, 0.29) is 5.91 Å². The van der Waals surface area contributed by atoms with Crippen molar-refractivity contribution in [1.82, 2.24) is 9.97 Å². The topological polar surface area (TPSA) is 70.2 Å². The fourth-order valence-corrected chi connectivity index (χ4v) is 4.04. The normalized spacial score (nSPS) is 12.4. The maximum Gasteiger partial charge on any atom is 0.258 e. The highest BCUT2D eigenvalue weighted by atomic mass is 16.2. The molecular weight excluding hydrogens is 410 g/mol. The number of hydrogen-bond acceptors (Lipinski definition) is 5. The predicted molar refractivity (Wildman–Crippen MR) is 133 cm³/mol. The fraction of sp³-hybridized carbons (Fsp3) is 0.148. The van der Waals surface area contributed by atoms with Crippen LogP contribution < -0.4 is 15.5 Å². The fourth-order valence-electron chi connectivity index (χ4n) is 4.04. The van der Waals surface area contributed by atoms with Crippen molar-refractivity contribution in [2.24, 2.45) is 0 Å². The van der Waals surface area contributed by atoms with Gasteiger partial charge in [-0.15, -0.1) is 0 Å². The second-order valence-electron chi connectivity index (χ2n) is 8.25. The molecule has 1 amide bonds. The molecule has 0 saturated carbocycles. The van der Waals surface area contributed by atoms with Crippen molar-refractivity contribution < 1.29 is 4.79 Å². The van der Waals surface area contributed by atoms with E-state index >= 15 is 0 Å². The van der Waals surface area contributed by atoms with Gasteiger partial charge in [0.25, 0.3) is 5.91 Å². The number of fused-ring (bicyclic) bond motifs is 1. The second-order valence-corrected chi connectivity index (χ2v) is 8.25. The van der Waals surface area contributed by atoms with E-state index in [2.05, 4.69) is 32.7 Å². The van der Waals surface area contributed by atoms with Gasteiger partial charge < -0.3 is 15.5 Å². The van der Waals surface area contributed by atoms with E-state index < -0.39 is 0 Å². The molecular formula is C27H25N5O. The Morgan fingerprint density at radius 1 is 0.879 bits per heavy atom. The van der Waals surface area contributed by atoms with E-state index in [1.165, 1.54) is 5.56 Å². The van der Waals surface area contributed by atoms with Gasteiger partial charge in [-0.3, -0.25) is 14.8 Å². The van der Waals surface area contributed by atoms with Gasteiger partial charge in [-0.25, -0.2) is 0 Å². The van der Waals surface area contributed by atoms with Crippen LogP contribution in [0, 0.1) is 13.8 Å². The van der Waals surface area contributed by atoms with Crippen LogP contribution in [-0.2, 0) is 6.42 Å². The number of nitrogens with zero attached hydrogens (tertiary/aromatic N) is 3. The zero-order valence-corrected chi connectivity index (χ0v) is 18.7. The summed E-state index contributed by atoms with van der Waals surface area (Å²) in [4.78, 5) is 23.5. The minimum Gasteiger partial charge on any atom is -0.355 e. The quantitative estimate of drug-likeness (QED) is 0.416. The zero-order chi connectivity index (χ0) is 22.8. The molecule has 1 aliphatic heterocycles. The Kier molecular flexibility index (Phi) is 5.48. The van der Waals surface area contributed by atoms with Crippen molar-refractivity contribution >= 4 is 34.3 Å². The first-order valence-electron chi connectivity index (χ1n) is 11.0. The molecule has 2 aromatic heterocycles. The minimum atomic E-state index is 0.0114. The minimum absolute atomic E-state index is 0.0114. The van der Waals surface area contributed by atoms with Crippen LogP contribution in [0.1, 0.15) is 27.2 Å². The van der Waals surface area contributed by atoms with Gasteiger partial charge in [0.15, 0.2) is 0 Å². The molecule has 33 heavy (non-hydrogen) atoms. The van der Waals surface area contributed by atoms with Crippen LogP contribution >= 0.6 is 0 Å². The molecule has 6 nitrogen and oxygen atoms in total. The monoisotopic (exact) mass is 435 g/mol. The van der Waals surface area contributed by atoms with Gasteiger partial charge >= 0.3 is 0 Å². The number of carbonyl (C=O) groups excluding carboxylic acids is 1. The maximum atomic E-state index is 13.3. The Hall–Kier alpha value is -4.19. The number of pyridine rings is 2. The van der Waals surface area contributed by atoms with Crippen molar-refractivity contribution in [2.75, 3.05) is 22.1 Å². The molecule has 0 spiro atoms. The van der Waals surface area contributed by atoms with Crippen LogP contribution in [0.25, 0.3) is 0 Å². The van der Waals surface area contributed by atoms with Crippen LogP contribution in [0.4, 0.5) is 28.4 Å². The van der Waals surface area contributed by atoms with E-state index in [0.29, 0.717) is 12.1 Å². The first-order valence-corrected chi connectivity index (χ1v) is 11.0. The third-order valence-electron chi connectivity index (χ3n) is 5.85. The van der Waals surface area contributed by atoms with Gasteiger partial charge in [0, 0.05) is 64.8 Å². The van der Waals surface area contributed by atoms with Crippen molar-refractivity contribution in [3.8, 4) is 0 Å². The number of benzene rings is 2. The van der Waals surface area contributed by atoms with Crippen LogP contribution in [0.3, 0.4) is 0 Å². The van der Waals surface area contributed by atoms with Crippen LogP contribution in [0.5, 0.6) is 0 Å². The summed E-state index contributed by atoms with van der Waals surface area (Å²) in [6.07, 6.45) is 6.22. The number of carbonyl (C=O) groups is 1. The van der Waals surface area contributed by atoms with E-state index in [0.717, 1.165) is 46.1 Å². The van der Waals surface area contributed by atoms with Crippen molar-refractivity contribution in [3.05, 3.63) is 102 Å². The molecule has 4 aromatic rings. The molecule has 0 fully saturated rings. The van der Waals surface area contributed by atoms with Crippen molar-refractivity contribution in [1.29, 1.82) is 0 Å². The lowest BCUT2D eigenvalue weighted by molar-refractivity contribution is 0.0989. The van der Waals surface area contributed by atoms with Gasteiger partial charge in [0.05, 0.1) is 0 Å². The first-order chi connectivity index (χ1) is 16.1. The number of rotatable bonds is 5. The molecule has 6 heteroatoms. The average molecular weight is 436 g/mol. The van der Waals surface area contributed by atoms with E-state index in [1.54, 1.807) is 12.4 Å². The van der Waals surface area contributed by atoms with Crippen molar-refractivity contribution in [2.45, 2.75) is 20.3 Å². The van der Waals surface area contributed by atoms with Crippen LogP contribution in [0.15, 0.2) is 79.3 Å². The largest absolute Gasteiger partial charge is 0.355 e. The smallest absolute Gasteiger partial charge is 0.258 e. The highest BCUT2D eigenvalue weighted by Crippen LogP contribution is 2.33. The Labute approximate surface area is 193 Å². The second kappa shape index (κ2) is 8.74. The Balaban J connectivity index is 1.33. The summed E-state index contributed by atoms with van der Waals surface area (Å²) in [6.45, 7) is 4.68. The lowest BCUT2D eigenvalue weighted by atomic mass is 10.1. The molecule has 164 valence electrons. The molecule has 2 N–H and O–H groups in total. The third kappa shape index (κ3) is 4.41. The number of aryl methyl sites for hydroxylation is 2. The zero-order valence-electron chi connectivity index (χ0n) is 18.7.